The molecule has 2 aromatic rings. The number of halogens is 4. The van der Waals surface area contributed by atoms with Gasteiger partial charge in [-0.25, -0.2) is 4.99 Å². The smallest absolute Gasteiger partial charge is 0.380 e. The van der Waals surface area contributed by atoms with Crippen LogP contribution in [0.15, 0.2) is 58.4 Å². The summed E-state index contributed by atoms with van der Waals surface area (Å²) in [4.78, 5) is 6.43. The first-order valence-corrected chi connectivity index (χ1v) is 11.1. The fourth-order valence-electron chi connectivity index (χ4n) is 2.89. The first-order chi connectivity index (χ1) is 14.3. The highest BCUT2D eigenvalue weighted by atomic mass is 35.5. The summed E-state index contributed by atoms with van der Waals surface area (Å²) in [6, 6.07) is 10.4. The lowest BCUT2D eigenvalue weighted by Gasteiger charge is -2.09. The van der Waals surface area contributed by atoms with Crippen molar-refractivity contribution < 1.29 is 13.2 Å². The van der Waals surface area contributed by atoms with Gasteiger partial charge in [0.25, 0.3) is 0 Å². The molecule has 3 rings (SSSR count). The van der Waals surface area contributed by atoms with E-state index >= 15 is 0 Å². The molecule has 0 radical (unpaired) electrons. The molecule has 0 aliphatic heterocycles. The molecule has 0 bridgehead atoms. The minimum atomic E-state index is -4.73. The quantitative estimate of drug-likeness (QED) is 0.285. The van der Waals surface area contributed by atoms with E-state index in [1.54, 1.807) is 30.3 Å². The molecule has 1 heterocycles. The van der Waals surface area contributed by atoms with Gasteiger partial charge in [0.15, 0.2) is 0 Å². The van der Waals surface area contributed by atoms with Crippen molar-refractivity contribution in [3.8, 4) is 0 Å². The molecule has 1 aromatic carbocycles. The average molecular weight is 470 g/mol. The number of benzene rings is 1. The monoisotopic (exact) mass is 469 g/mol. The van der Waals surface area contributed by atoms with Gasteiger partial charge in [0, 0.05) is 25.2 Å². The van der Waals surface area contributed by atoms with Crippen molar-refractivity contribution in [3.05, 3.63) is 73.8 Å². The highest BCUT2D eigenvalue weighted by Crippen LogP contribution is 2.35. The minimum absolute atomic E-state index is 0.0526. The lowest BCUT2D eigenvalue weighted by molar-refractivity contribution is -0.0597. The van der Waals surface area contributed by atoms with E-state index in [0.717, 1.165) is 39.5 Å². The molecule has 1 aromatic heterocycles. The van der Waals surface area contributed by atoms with Gasteiger partial charge >= 0.3 is 6.18 Å². The number of hydrogen-bond acceptors (Lipinski definition) is 4. The fraction of sp³-hybridized carbons (Fsp3) is 0.190. The van der Waals surface area contributed by atoms with Crippen LogP contribution in [0.1, 0.15) is 34.6 Å². The van der Waals surface area contributed by atoms with E-state index in [-0.39, 0.29) is 5.70 Å². The second kappa shape index (κ2) is 9.87. The molecule has 1 aliphatic rings. The summed E-state index contributed by atoms with van der Waals surface area (Å²) >= 11 is 8.88. The Bertz CT molecular complexity index is 1040. The Morgan fingerprint density at radius 2 is 1.97 bits per heavy atom. The lowest BCUT2D eigenvalue weighted by Crippen LogP contribution is -2.31. The van der Waals surface area contributed by atoms with Crippen LogP contribution in [0.25, 0.3) is 17.3 Å². The zero-order valence-electron chi connectivity index (χ0n) is 15.7. The van der Waals surface area contributed by atoms with Gasteiger partial charge in [-0.15, -0.1) is 11.3 Å². The number of nitrogens with two attached hydrogens (primary N) is 2. The summed E-state index contributed by atoms with van der Waals surface area (Å²) in [6.07, 6.45) is 3.88. The van der Waals surface area contributed by atoms with Crippen LogP contribution in [0.4, 0.5) is 13.2 Å². The van der Waals surface area contributed by atoms with Crippen LogP contribution in [-0.4, -0.2) is 12.0 Å². The first-order valence-electron chi connectivity index (χ1n) is 9.03. The maximum absolute atomic E-state index is 13.0. The molecule has 3 nitrogen and oxygen atoms in total. The molecule has 0 spiro atoms. The van der Waals surface area contributed by atoms with E-state index in [1.807, 2.05) is 12.1 Å². The predicted molar refractivity (Wildman–Crippen MR) is 123 cm³/mol. The van der Waals surface area contributed by atoms with Gasteiger partial charge in [-0.05, 0) is 67.1 Å². The molecule has 158 valence electrons. The van der Waals surface area contributed by atoms with Gasteiger partial charge in [0.2, 0.25) is 5.84 Å². The third-order valence-corrected chi connectivity index (χ3v) is 6.35. The summed E-state index contributed by atoms with van der Waals surface area (Å²) in [6.45, 7) is 0. The number of allylic oxidation sites excluding steroid dienone is 3. The normalized spacial score (nSPS) is 16.2. The fourth-order valence-corrected chi connectivity index (χ4v) is 4.53. The molecule has 30 heavy (non-hydrogen) atoms. The molecule has 1 aliphatic carbocycles. The molecular formula is C21H19ClF3N3S2. The van der Waals surface area contributed by atoms with E-state index in [1.165, 1.54) is 23.3 Å². The van der Waals surface area contributed by atoms with Crippen molar-refractivity contribution in [2.75, 3.05) is 0 Å². The Kier molecular flexibility index (Phi) is 7.46. The van der Waals surface area contributed by atoms with Gasteiger partial charge in [-0.1, -0.05) is 35.9 Å². The summed E-state index contributed by atoms with van der Waals surface area (Å²) in [5.41, 5.74) is 6.76. The van der Waals surface area contributed by atoms with Crippen LogP contribution in [0.5, 0.6) is 0 Å². The Labute approximate surface area is 186 Å². The molecule has 0 atom stereocenters. The van der Waals surface area contributed by atoms with Gasteiger partial charge in [0.1, 0.15) is 0 Å². The second-order valence-electron chi connectivity index (χ2n) is 6.49. The molecule has 0 amide bonds. The van der Waals surface area contributed by atoms with Crippen LogP contribution >= 0.6 is 34.9 Å². The zero-order chi connectivity index (χ0) is 21.7. The van der Waals surface area contributed by atoms with Crippen molar-refractivity contribution in [2.45, 2.75) is 25.4 Å². The number of nitrogens with zero attached hydrogens (tertiary/aromatic N) is 1. The Balaban J connectivity index is 2.01. The Hall–Kier alpha value is -2.00. The first kappa shape index (κ1) is 22.7. The lowest BCUT2D eigenvalue weighted by atomic mass is 10.1. The molecule has 0 unspecified atom stereocenters. The largest absolute Gasteiger partial charge is 0.448 e. The summed E-state index contributed by atoms with van der Waals surface area (Å²) in [5, 5.41) is 6.00. The predicted octanol–water partition coefficient (Wildman–Crippen LogP) is 6.88. The third-order valence-electron chi connectivity index (χ3n) is 4.35. The number of thiophene rings is 1. The third kappa shape index (κ3) is 5.78. The average Bonchev–Trinajstić information content (AvgIpc) is 3.03. The minimum Gasteiger partial charge on any atom is -0.380 e. The van der Waals surface area contributed by atoms with Gasteiger partial charge < -0.3 is 5.73 Å². The van der Waals surface area contributed by atoms with Gasteiger partial charge in [0.05, 0.1) is 5.70 Å². The SMILES string of the molecule is NSC1=CCCCC(c2ccc(/C=C(/N=C(N)C(F)(F)F)c3ccccc3Cl)s2)=C1. The Morgan fingerprint density at radius 1 is 1.20 bits per heavy atom. The zero-order valence-corrected chi connectivity index (χ0v) is 18.1. The summed E-state index contributed by atoms with van der Waals surface area (Å²) < 4.78 is 38.9. The summed E-state index contributed by atoms with van der Waals surface area (Å²) in [7, 11) is 0. The van der Waals surface area contributed by atoms with Crippen LogP contribution < -0.4 is 10.9 Å². The molecule has 0 saturated carbocycles. The Morgan fingerprint density at radius 3 is 2.67 bits per heavy atom. The molecule has 0 saturated heterocycles. The maximum Gasteiger partial charge on any atom is 0.448 e. The second-order valence-corrected chi connectivity index (χ2v) is 8.72. The number of rotatable bonds is 5. The van der Waals surface area contributed by atoms with Crippen molar-refractivity contribution >= 4 is 58.1 Å². The molecular weight excluding hydrogens is 451 g/mol. The summed E-state index contributed by atoms with van der Waals surface area (Å²) in [5.74, 6) is -1.42. The number of amidine groups is 1. The van der Waals surface area contributed by atoms with Crippen molar-refractivity contribution in [3.63, 3.8) is 0 Å². The standard InChI is InChI=1S/C21H19ClF3N3S2/c22-17-8-4-3-7-16(17)18(28-20(26)21(23,24)25)12-14-9-10-19(29-14)13-5-1-2-6-15(11-13)30-27/h3-4,6-12H,1-2,5,27H2,(H2,26,28)/b18-12+. The number of aliphatic imine (C=N–C) groups is 1. The van der Waals surface area contributed by atoms with E-state index in [2.05, 4.69) is 17.1 Å². The molecule has 4 N–H and O–H groups in total. The van der Waals surface area contributed by atoms with E-state index in [4.69, 9.17) is 22.5 Å². The van der Waals surface area contributed by atoms with Crippen molar-refractivity contribution in [1.29, 1.82) is 0 Å². The highest BCUT2D eigenvalue weighted by molar-refractivity contribution is 8.01. The topological polar surface area (TPSA) is 64.4 Å². The highest BCUT2D eigenvalue weighted by Gasteiger charge is 2.34. The van der Waals surface area contributed by atoms with Gasteiger partial charge in [-0.3, -0.25) is 5.14 Å². The van der Waals surface area contributed by atoms with Crippen LogP contribution in [-0.2, 0) is 0 Å². The molecule has 0 fully saturated rings. The van der Waals surface area contributed by atoms with Gasteiger partial charge in [-0.2, -0.15) is 13.2 Å². The number of alkyl halides is 3. The van der Waals surface area contributed by atoms with Crippen LogP contribution in [0, 0.1) is 0 Å². The van der Waals surface area contributed by atoms with Crippen LogP contribution in [0.2, 0.25) is 5.02 Å². The molecule has 9 heteroatoms. The van der Waals surface area contributed by atoms with Crippen molar-refractivity contribution in [2.24, 2.45) is 15.9 Å². The van der Waals surface area contributed by atoms with E-state index < -0.39 is 12.0 Å². The maximum atomic E-state index is 13.0. The van der Waals surface area contributed by atoms with Crippen LogP contribution in [0.3, 0.4) is 0 Å². The number of hydrogen-bond donors (Lipinski definition) is 2. The van der Waals surface area contributed by atoms with Crippen molar-refractivity contribution in [1.82, 2.24) is 0 Å². The van der Waals surface area contributed by atoms with E-state index in [0.29, 0.717) is 10.6 Å². The van der Waals surface area contributed by atoms with E-state index in [9.17, 15) is 13.2 Å².